The Morgan fingerprint density at radius 2 is 1.66 bits per heavy atom. The first-order valence-corrected chi connectivity index (χ1v) is 10.4. The van der Waals surface area contributed by atoms with E-state index in [-0.39, 0.29) is 11.5 Å². The van der Waals surface area contributed by atoms with Crippen molar-refractivity contribution in [2.24, 2.45) is 10.2 Å². The lowest BCUT2D eigenvalue weighted by Crippen LogP contribution is -2.13. The minimum Gasteiger partial charge on any atom is -0.504 e. The van der Waals surface area contributed by atoms with Crippen LogP contribution in [0.2, 0.25) is 0 Å². The molecule has 29 heavy (non-hydrogen) atoms. The van der Waals surface area contributed by atoms with Gasteiger partial charge in [-0.15, -0.1) is 16.4 Å². The van der Waals surface area contributed by atoms with Crippen LogP contribution in [0.5, 0.6) is 11.5 Å². The number of para-hydroxylation sites is 1. The molecular formula is C22H16BrN3O2S. The summed E-state index contributed by atoms with van der Waals surface area (Å²) in [5, 5.41) is 29.6. The van der Waals surface area contributed by atoms with Gasteiger partial charge in [-0.1, -0.05) is 46.3 Å². The maximum atomic E-state index is 9.61. The third kappa shape index (κ3) is 4.31. The van der Waals surface area contributed by atoms with Crippen molar-refractivity contribution in [3.63, 3.8) is 0 Å². The first-order valence-electron chi connectivity index (χ1n) is 8.73. The number of phenols is 2. The van der Waals surface area contributed by atoms with Crippen LogP contribution >= 0.6 is 27.3 Å². The van der Waals surface area contributed by atoms with Crippen LogP contribution in [0.25, 0.3) is 16.9 Å². The van der Waals surface area contributed by atoms with Gasteiger partial charge in [0.15, 0.2) is 11.5 Å². The second-order valence-corrected chi connectivity index (χ2v) is 7.93. The molecule has 0 aliphatic rings. The van der Waals surface area contributed by atoms with E-state index in [2.05, 4.69) is 48.2 Å². The molecule has 0 aliphatic heterocycles. The summed E-state index contributed by atoms with van der Waals surface area (Å²) in [4.78, 5) is 0.716. The maximum Gasteiger partial charge on any atom is 0.215 e. The van der Waals surface area contributed by atoms with E-state index in [1.54, 1.807) is 6.07 Å². The molecule has 4 aromatic rings. The number of nitrogens with zero attached hydrogens (tertiary/aromatic N) is 3. The molecule has 1 aromatic heterocycles. The van der Waals surface area contributed by atoms with Crippen LogP contribution in [-0.2, 0) is 0 Å². The van der Waals surface area contributed by atoms with Crippen molar-refractivity contribution in [3.8, 4) is 28.4 Å². The van der Waals surface area contributed by atoms with Crippen LogP contribution in [0.1, 0.15) is 5.56 Å². The number of benzene rings is 3. The van der Waals surface area contributed by atoms with Gasteiger partial charge >= 0.3 is 0 Å². The minimum absolute atomic E-state index is 0.168. The largest absolute Gasteiger partial charge is 0.504 e. The van der Waals surface area contributed by atoms with E-state index in [1.807, 2.05) is 42.5 Å². The first-order chi connectivity index (χ1) is 14.1. The van der Waals surface area contributed by atoms with Crippen LogP contribution in [-0.4, -0.2) is 21.0 Å². The molecule has 4 rings (SSSR count). The van der Waals surface area contributed by atoms with Crippen molar-refractivity contribution in [1.82, 2.24) is 4.57 Å². The Morgan fingerprint density at radius 3 is 2.38 bits per heavy atom. The zero-order valence-electron chi connectivity index (χ0n) is 15.1. The highest BCUT2D eigenvalue weighted by Gasteiger charge is 2.10. The Bertz CT molecular complexity index is 1230. The number of hydrogen-bond acceptors (Lipinski definition) is 5. The average molecular weight is 466 g/mol. The lowest BCUT2D eigenvalue weighted by molar-refractivity contribution is 0.403. The molecule has 0 bridgehead atoms. The zero-order valence-corrected chi connectivity index (χ0v) is 17.5. The number of aromatic nitrogens is 1. The van der Waals surface area contributed by atoms with Crippen molar-refractivity contribution in [2.45, 2.75) is 0 Å². The van der Waals surface area contributed by atoms with Crippen molar-refractivity contribution < 1.29 is 10.2 Å². The van der Waals surface area contributed by atoms with Gasteiger partial charge in [-0.25, -0.2) is 0 Å². The molecular weight excluding hydrogens is 450 g/mol. The molecule has 1 heterocycles. The van der Waals surface area contributed by atoms with Crippen molar-refractivity contribution in [1.29, 1.82) is 0 Å². The van der Waals surface area contributed by atoms with Gasteiger partial charge in [0.1, 0.15) is 0 Å². The Hall–Kier alpha value is -3.16. The topological polar surface area (TPSA) is 70.1 Å². The predicted molar refractivity (Wildman–Crippen MR) is 120 cm³/mol. The van der Waals surface area contributed by atoms with Gasteiger partial charge in [-0.2, -0.15) is 5.10 Å². The highest BCUT2D eigenvalue weighted by molar-refractivity contribution is 9.10. The second kappa shape index (κ2) is 8.46. The zero-order chi connectivity index (χ0) is 20.2. The predicted octanol–water partition coefficient (Wildman–Crippen LogP) is 5.31. The van der Waals surface area contributed by atoms with Crippen LogP contribution < -0.4 is 4.80 Å². The molecule has 0 saturated heterocycles. The lowest BCUT2D eigenvalue weighted by atomic mass is 10.1. The highest BCUT2D eigenvalue weighted by atomic mass is 79.9. The number of phenolic OH excluding ortho intramolecular Hbond substituents is 2. The summed E-state index contributed by atoms with van der Waals surface area (Å²) in [6.07, 6.45) is 1.54. The number of hydrogen-bond donors (Lipinski definition) is 2. The second-order valence-electron chi connectivity index (χ2n) is 6.17. The summed E-state index contributed by atoms with van der Waals surface area (Å²) in [5.74, 6) is -0.361. The molecule has 3 aromatic carbocycles. The molecule has 0 radical (unpaired) electrons. The molecule has 0 spiro atoms. The summed E-state index contributed by atoms with van der Waals surface area (Å²) in [7, 11) is 0. The molecule has 0 amide bonds. The molecule has 0 atom stereocenters. The van der Waals surface area contributed by atoms with Gasteiger partial charge in [0.2, 0.25) is 4.80 Å². The van der Waals surface area contributed by atoms with Crippen LogP contribution in [0.4, 0.5) is 0 Å². The lowest BCUT2D eigenvalue weighted by Gasteiger charge is -2.09. The Balaban J connectivity index is 1.79. The number of aromatic hydroxyl groups is 2. The van der Waals surface area contributed by atoms with E-state index in [9.17, 15) is 10.2 Å². The van der Waals surface area contributed by atoms with E-state index in [1.165, 1.54) is 29.7 Å². The van der Waals surface area contributed by atoms with Gasteiger partial charge in [-0.05, 0) is 53.6 Å². The molecule has 7 heteroatoms. The summed E-state index contributed by atoms with van der Waals surface area (Å²) in [5.41, 5.74) is 3.72. The Labute approximate surface area is 179 Å². The third-order valence-corrected chi connectivity index (χ3v) is 5.56. The summed E-state index contributed by atoms with van der Waals surface area (Å²) in [6, 6.07) is 22.6. The normalized spacial score (nSPS) is 12.0. The van der Waals surface area contributed by atoms with E-state index in [0.29, 0.717) is 10.4 Å². The molecule has 2 N–H and O–H groups in total. The summed E-state index contributed by atoms with van der Waals surface area (Å²) in [6.45, 7) is 0. The minimum atomic E-state index is -0.193. The standard InChI is InChI=1S/C22H16BrN3O2S/c23-17-9-7-16(8-10-17)19-14-29-22(26(19)18-4-2-1-3-5-18)25-24-13-15-6-11-20(27)21(28)12-15/h1-14,27-28H/b24-13-,25-22-. The van der Waals surface area contributed by atoms with Gasteiger partial charge < -0.3 is 10.2 Å². The molecule has 5 nitrogen and oxygen atoms in total. The fourth-order valence-corrected chi connectivity index (χ4v) is 3.92. The number of thiazole rings is 1. The van der Waals surface area contributed by atoms with Crippen LogP contribution in [0.15, 0.2) is 92.9 Å². The fraction of sp³-hybridized carbons (Fsp3) is 0. The van der Waals surface area contributed by atoms with E-state index in [4.69, 9.17) is 0 Å². The van der Waals surface area contributed by atoms with Gasteiger partial charge in [0.05, 0.1) is 11.9 Å². The highest BCUT2D eigenvalue weighted by Crippen LogP contribution is 2.25. The van der Waals surface area contributed by atoms with Crippen LogP contribution in [0.3, 0.4) is 0 Å². The van der Waals surface area contributed by atoms with Gasteiger partial charge in [0, 0.05) is 15.5 Å². The Morgan fingerprint density at radius 1 is 0.897 bits per heavy atom. The molecule has 0 aliphatic carbocycles. The van der Waals surface area contributed by atoms with E-state index < -0.39 is 0 Å². The van der Waals surface area contributed by atoms with Crippen molar-refractivity contribution in [3.05, 3.63) is 93.0 Å². The number of rotatable bonds is 4. The molecule has 0 saturated carbocycles. The SMILES string of the molecule is Oc1ccc(/C=N\N=c2/scc(-c3ccc(Br)cc3)n2-c2ccccc2)cc1O. The first kappa shape index (κ1) is 19.2. The molecule has 144 valence electrons. The van der Waals surface area contributed by atoms with Gasteiger partial charge in [0.25, 0.3) is 0 Å². The monoisotopic (exact) mass is 465 g/mol. The molecule has 0 fully saturated rings. The quantitative estimate of drug-likeness (QED) is 0.243. The van der Waals surface area contributed by atoms with E-state index in [0.717, 1.165) is 21.4 Å². The third-order valence-electron chi connectivity index (χ3n) is 4.21. The molecule has 0 unspecified atom stereocenters. The van der Waals surface area contributed by atoms with E-state index >= 15 is 0 Å². The number of halogens is 1. The average Bonchev–Trinajstić information content (AvgIpc) is 3.16. The smallest absolute Gasteiger partial charge is 0.215 e. The van der Waals surface area contributed by atoms with Gasteiger partial charge in [-0.3, -0.25) is 4.57 Å². The summed E-state index contributed by atoms with van der Waals surface area (Å²) < 4.78 is 3.08. The van der Waals surface area contributed by atoms with Crippen molar-refractivity contribution >= 4 is 33.5 Å². The maximum absolute atomic E-state index is 9.61. The Kier molecular flexibility index (Phi) is 5.59. The fourth-order valence-electron chi connectivity index (χ4n) is 2.80. The summed E-state index contributed by atoms with van der Waals surface area (Å²) >= 11 is 4.97. The van der Waals surface area contributed by atoms with Crippen LogP contribution in [0, 0.1) is 0 Å². The van der Waals surface area contributed by atoms with Crippen molar-refractivity contribution in [2.75, 3.05) is 0 Å².